The summed E-state index contributed by atoms with van der Waals surface area (Å²) in [5.41, 5.74) is 1.69. The van der Waals surface area contributed by atoms with Crippen molar-refractivity contribution in [1.29, 1.82) is 5.26 Å². The van der Waals surface area contributed by atoms with E-state index in [4.69, 9.17) is 25.7 Å². The van der Waals surface area contributed by atoms with Crippen LogP contribution in [0.15, 0.2) is 24.3 Å². The molecular formula is C19H18BClN2O5. The van der Waals surface area contributed by atoms with E-state index in [1.54, 1.807) is 18.2 Å². The Morgan fingerprint density at radius 3 is 3.00 bits per heavy atom. The van der Waals surface area contributed by atoms with Gasteiger partial charge in [-0.25, -0.2) is 0 Å². The van der Waals surface area contributed by atoms with Gasteiger partial charge in [-0.3, -0.25) is 4.79 Å². The summed E-state index contributed by atoms with van der Waals surface area (Å²) in [6, 6.07) is 8.53. The van der Waals surface area contributed by atoms with Crippen molar-refractivity contribution in [2.75, 3.05) is 6.61 Å². The molecule has 0 unspecified atom stereocenters. The van der Waals surface area contributed by atoms with Crippen molar-refractivity contribution in [2.45, 2.75) is 32.8 Å². The number of halogens is 1. The third kappa shape index (κ3) is 4.62. The summed E-state index contributed by atoms with van der Waals surface area (Å²) in [7, 11) is -0.930. The Morgan fingerprint density at radius 1 is 1.43 bits per heavy atom. The van der Waals surface area contributed by atoms with Gasteiger partial charge in [-0.1, -0.05) is 24.6 Å². The molecule has 1 aliphatic rings. The van der Waals surface area contributed by atoms with Crippen LogP contribution in [0.1, 0.15) is 37.3 Å². The number of Topliss-reactive ketones (excluding diaryl/α,β-unsaturated/α-hetero) is 1. The summed E-state index contributed by atoms with van der Waals surface area (Å²) in [6.45, 7) is 2.35. The lowest BCUT2D eigenvalue weighted by molar-refractivity contribution is -0.118. The van der Waals surface area contributed by atoms with Crippen LogP contribution in [0.25, 0.3) is 0 Å². The van der Waals surface area contributed by atoms with Crippen LogP contribution in [-0.4, -0.2) is 29.5 Å². The number of rotatable bonds is 8. The van der Waals surface area contributed by atoms with Crippen LogP contribution < -0.4 is 14.9 Å². The molecule has 0 fully saturated rings. The van der Waals surface area contributed by atoms with Gasteiger partial charge in [0.2, 0.25) is 11.8 Å². The highest BCUT2D eigenvalue weighted by Crippen LogP contribution is 2.32. The molecule has 0 saturated carbocycles. The minimum atomic E-state index is -0.930. The quantitative estimate of drug-likeness (QED) is 0.537. The highest BCUT2D eigenvalue weighted by atomic mass is 35.5. The third-order valence-corrected chi connectivity index (χ3v) is 4.52. The zero-order chi connectivity index (χ0) is 20.1. The molecule has 9 heteroatoms. The number of fused-ring (bicyclic) bond motifs is 1. The van der Waals surface area contributed by atoms with Gasteiger partial charge in [0, 0.05) is 12.8 Å². The number of benzene rings is 1. The van der Waals surface area contributed by atoms with E-state index in [1.165, 1.54) is 6.07 Å². The largest absolute Gasteiger partial charge is 0.491 e. The van der Waals surface area contributed by atoms with Crippen LogP contribution in [0.5, 0.6) is 17.5 Å². The summed E-state index contributed by atoms with van der Waals surface area (Å²) in [6.07, 6.45) is 1.44. The number of ketones is 1. The zero-order valence-electron chi connectivity index (χ0n) is 15.3. The summed E-state index contributed by atoms with van der Waals surface area (Å²) in [4.78, 5) is 15.6. The van der Waals surface area contributed by atoms with Crippen molar-refractivity contribution in [3.05, 3.63) is 40.4 Å². The molecule has 0 aliphatic carbocycles. The number of ether oxygens (including phenoxy) is 2. The molecule has 7 nitrogen and oxygen atoms in total. The highest BCUT2D eigenvalue weighted by Gasteiger charge is 2.27. The molecular weight excluding hydrogens is 382 g/mol. The van der Waals surface area contributed by atoms with E-state index in [2.05, 4.69) is 4.98 Å². The van der Waals surface area contributed by atoms with Gasteiger partial charge >= 0.3 is 7.12 Å². The Hall–Kier alpha value is -2.60. The fourth-order valence-electron chi connectivity index (χ4n) is 2.71. The molecule has 1 N–H and O–H groups in total. The molecule has 1 aliphatic heterocycles. The van der Waals surface area contributed by atoms with Gasteiger partial charge in [0.1, 0.15) is 28.2 Å². The number of hydrogen-bond acceptors (Lipinski definition) is 7. The first-order valence-corrected chi connectivity index (χ1v) is 9.25. The topological polar surface area (TPSA) is 102 Å². The zero-order valence-corrected chi connectivity index (χ0v) is 16.0. The highest BCUT2D eigenvalue weighted by molar-refractivity contribution is 6.61. The molecule has 28 heavy (non-hydrogen) atoms. The molecule has 3 rings (SSSR count). The van der Waals surface area contributed by atoms with Crippen molar-refractivity contribution in [3.8, 4) is 23.6 Å². The minimum absolute atomic E-state index is 0.0970. The van der Waals surface area contributed by atoms with E-state index in [0.29, 0.717) is 30.5 Å². The van der Waals surface area contributed by atoms with Gasteiger partial charge in [-0.2, -0.15) is 10.2 Å². The van der Waals surface area contributed by atoms with Gasteiger partial charge in [-0.15, -0.1) is 0 Å². The minimum Gasteiger partial charge on any atom is -0.477 e. The number of pyridine rings is 1. The number of nitriles is 1. The maximum atomic E-state index is 11.4. The second-order valence-electron chi connectivity index (χ2n) is 6.21. The Morgan fingerprint density at radius 2 is 2.25 bits per heavy atom. The molecule has 1 aromatic heterocycles. The van der Waals surface area contributed by atoms with Crippen molar-refractivity contribution < 1.29 is 23.9 Å². The van der Waals surface area contributed by atoms with Crippen molar-refractivity contribution in [2.24, 2.45) is 0 Å². The predicted octanol–water partition coefficient (Wildman–Crippen LogP) is 2.75. The van der Waals surface area contributed by atoms with Crippen LogP contribution in [0.4, 0.5) is 0 Å². The molecule has 0 saturated heterocycles. The molecule has 2 aromatic rings. The second-order valence-corrected chi connectivity index (χ2v) is 6.62. The van der Waals surface area contributed by atoms with Crippen molar-refractivity contribution >= 4 is 30.0 Å². The van der Waals surface area contributed by atoms with Gasteiger partial charge < -0.3 is 19.2 Å². The van der Waals surface area contributed by atoms with E-state index in [0.717, 1.165) is 5.56 Å². The third-order valence-electron chi connectivity index (χ3n) is 4.25. The van der Waals surface area contributed by atoms with Crippen molar-refractivity contribution in [3.63, 3.8) is 0 Å². The first kappa shape index (κ1) is 20.1. The van der Waals surface area contributed by atoms with Gasteiger partial charge in [-0.05, 0) is 35.6 Å². The smallest absolute Gasteiger partial charge is 0.477 e. The molecule has 0 spiro atoms. The summed E-state index contributed by atoms with van der Waals surface area (Å²) in [5, 5.41) is 19.1. The fraction of sp³-hybridized carbons (Fsp3) is 0.316. The van der Waals surface area contributed by atoms with E-state index in [9.17, 15) is 15.1 Å². The standard InChI is InChI=1S/C19H18BClN2O5/c1-2-14(24)4-3-7-26-18-12(10-22)9-17(21)19(23-18)28-15-5-6-16-13(8-15)11-27-20(16)25/h5-6,8-9,25H,2-4,7,11H2,1H3. The van der Waals surface area contributed by atoms with Crippen LogP contribution in [0.3, 0.4) is 0 Å². The van der Waals surface area contributed by atoms with Crippen LogP contribution in [0, 0.1) is 11.3 Å². The Bertz CT molecular complexity index is 931. The number of hydrogen-bond donors (Lipinski definition) is 1. The maximum absolute atomic E-state index is 11.4. The maximum Gasteiger partial charge on any atom is 0.491 e. The monoisotopic (exact) mass is 400 g/mol. The molecule has 144 valence electrons. The van der Waals surface area contributed by atoms with Crippen LogP contribution in [-0.2, 0) is 16.1 Å². The lowest BCUT2D eigenvalue weighted by Gasteiger charge is -2.12. The van der Waals surface area contributed by atoms with Crippen molar-refractivity contribution in [1.82, 2.24) is 4.98 Å². The van der Waals surface area contributed by atoms with E-state index in [-0.39, 0.29) is 41.3 Å². The number of carbonyl (C=O) groups excluding carboxylic acids is 1. The number of nitrogens with zero attached hydrogens (tertiary/aromatic N) is 2. The average Bonchev–Trinajstić information content (AvgIpc) is 3.07. The molecule has 1 aromatic carbocycles. The molecule has 0 atom stereocenters. The molecule has 0 bridgehead atoms. The van der Waals surface area contributed by atoms with Crippen LogP contribution in [0.2, 0.25) is 5.02 Å². The normalized spacial score (nSPS) is 12.4. The van der Waals surface area contributed by atoms with E-state index >= 15 is 0 Å². The van der Waals surface area contributed by atoms with Gasteiger partial charge in [0.15, 0.2) is 0 Å². The van der Waals surface area contributed by atoms with E-state index in [1.807, 2.05) is 13.0 Å². The summed E-state index contributed by atoms with van der Waals surface area (Å²) >= 11 is 6.19. The number of aromatic nitrogens is 1. The van der Waals surface area contributed by atoms with Gasteiger partial charge in [0.25, 0.3) is 0 Å². The Balaban J connectivity index is 1.74. The molecule has 2 heterocycles. The first-order valence-electron chi connectivity index (χ1n) is 8.87. The summed E-state index contributed by atoms with van der Waals surface area (Å²) < 4.78 is 16.5. The first-order chi connectivity index (χ1) is 13.5. The lowest BCUT2D eigenvalue weighted by Crippen LogP contribution is -2.27. The average molecular weight is 401 g/mol. The fourth-order valence-corrected chi connectivity index (χ4v) is 2.90. The molecule has 0 radical (unpaired) electrons. The predicted molar refractivity (Wildman–Crippen MR) is 103 cm³/mol. The lowest BCUT2D eigenvalue weighted by atomic mass is 9.80. The van der Waals surface area contributed by atoms with E-state index < -0.39 is 7.12 Å². The Kier molecular flexibility index (Phi) is 6.52. The second kappa shape index (κ2) is 9.06. The van der Waals surface area contributed by atoms with Gasteiger partial charge in [0.05, 0.1) is 13.2 Å². The number of carbonyl (C=O) groups is 1. The SMILES string of the molecule is CCC(=O)CCCOc1nc(Oc2ccc3c(c2)COB3O)c(Cl)cc1C#N. The summed E-state index contributed by atoms with van der Waals surface area (Å²) in [5.74, 6) is 0.823. The Labute approximate surface area is 168 Å². The van der Waals surface area contributed by atoms with Crippen LogP contribution >= 0.6 is 11.6 Å². The molecule has 0 amide bonds.